The van der Waals surface area contributed by atoms with Gasteiger partial charge in [0.05, 0.1) is 7.11 Å². The molecule has 106 valence electrons. The smallest absolute Gasteiger partial charge is 0.129 e. The molecule has 0 saturated carbocycles. The van der Waals surface area contributed by atoms with Crippen molar-refractivity contribution in [1.29, 1.82) is 0 Å². The van der Waals surface area contributed by atoms with E-state index >= 15 is 0 Å². The zero-order valence-corrected chi connectivity index (χ0v) is 11.8. The Morgan fingerprint density at radius 1 is 1.15 bits per heavy atom. The fourth-order valence-corrected chi connectivity index (χ4v) is 2.28. The van der Waals surface area contributed by atoms with E-state index in [-0.39, 0.29) is 12.4 Å². The molecule has 4 heteroatoms. The molecule has 2 aromatic carbocycles. The van der Waals surface area contributed by atoms with Gasteiger partial charge in [-0.15, -0.1) is 0 Å². The number of nitrogens with two attached hydrogens (primary N) is 1. The van der Waals surface area contributed by atoms with E-state index in [2.05, 4.69) is 0 Å². The van der Waals surface area contributed by atoms with E-state index in [1.165, 1.54) is 6.07 Å². The number of nitrogens with zero attached hydrogens (tertiary/aromatic N) is 1. The fourth-order valence-electron chi connectivity index (χ4n) is 2.28. The monoisotopic (exact) mass is 274 g/mol. The molecule has 0 atom stereocenters. The maximum atomic E-state index is 13.8. The molecule has 0 aliphatic heterocycles. The Morgan fingerprint density at radius 3 is 2.60 bits per heavy atom. The summed E-state index contributed by atoms with van der Waals surface area (Å²) < 4.78 is 19.1. The maximum absolute atomic E-state index is 13.8. The molecule has 0 aromatic heterocycles. The van der Waals surface area contributed by atoms with Gasteiger partial charge in [0, 0.05) is 37.0 Å². The Bertz CT molecular complexity index is 586. The van der Waals surface area contributed by atoms with E-state index in [1.807, 2.05) is 42.3 Å². The number of anilines is 1. The first-order chi connectivity index (χ1) is 9.67. The SMILES string of the molecule is COc1ccccc1CN(C)c1cccc(F)c1CN. The van der Waals surface area contributed by atoms with Crippen LogP contribution in [-0.4, -0.2) is 14.2 Å². The van der Waals surface area contributed by atoms with E-state index in [0.29, 0.717) is 12.1 Å². The number of ether oxygens (including phenoxy) is 1. The van der Waals surface area contributed by atoms with Crippen LogP contribution in [-0.2, 0) is 13.1 Å². The van der Waals surface area contributed by atoms with E-state index in [4.69, 9.17) is 10.5 Å². The van der Waals surface area contributed by atoms with Crippen molar-refractivity contribution in [3.8, 4) is 5.75 Å². The zero-order chi connectivity index (χ0) is 14.5. The van der Waals surface area contributed by atoms with Gasteiger partial charge in [0.2, 0.25) is 0 Å². The van der Waals surface area contributed by atoms with Gasteiger partial charge in [-0.1, -0.05) is 24.3 Å². The average molecular weight is 274 g/mol. The summed E-state index contributed by atoms with van der Waals surface area (Å²) in [4.78, 5) is 1.98. The summed E-state index contributed by atoms with van der Waals surface area (Å²) in [5, 5.41) is 0. The van der Waals surface area contributed by atoms with E-state index < -0.39 is 0 Å². The lowest BCUT2D eigenvalue weighted by Crippen LogP contribution is -2.20. The number of para-hydroxylation sites is 1. The summed E-state index contributed by atoms with van der Waals surface area (Å²) in [5.41, 5.74) is 8.03. The minimum Gasteiger partial charge on any atom is -0.496 e. The molecule has 0 aliphatic carbocycles. The van der Waals surface area contributed by atoms with Crippen molar-refractivity contribution in [2.45, 2.75) is 13.1 Å². The summed E-state index contributed by atoms with van der Waals surface area (Å²) in [6.07, 6.45) is 0. The number of halogens is 1. The van der Waals surface area contributed by atoms with Crippen molar-refractivity contribution in [1.82, 2.24) is 0 Å². The Kier molecular flexibility index (Phi) is 4.58. The second-order valence-corrected chi connectivity index (χ2v) is 4.61. The van der Waals surface area contributed by atoms with Crippen LogP contribution in [0.5, 0.6) is 5.75 Å². The van der Waals surface area contributed by atoms with Crippen LogP contribution in [0.25, 0.3) is 0 Å². The van der Waals surface area contributed by atoms with Crippen molar-refractivity contribution < 1.29 is 9.13 Å². The van der Waals surface area contributed by atoms with Gasteiger partial charge in [0.1, 0.15) is 11.6 Å². The Balaban J connectivity index is 2.28. The third kappa shape index (κ3) is 2.91. The number of hydrogen-bond donors (Lipinski definition) is 1. The van der Waals surface area contributed by atoms with E-state index in [9.17, 15) is 4.39 Å². The van der Waals surface area contributed by atoms with Crippen molar-refractivity contribution in [3.63, 3.8) is 0 Å². The first-order valence-electron chi connectivity index (χ1n) is 6.48. The molecule has 0 saturated heterocycles. The highest BCUT2D eigenvalue weighted by Gasteiger charge is 2.12. The Morgan fingerprint density at radius 2 is 1.90 bits per heavy atom. The molecule has 0 unspecified atom stereocenters. The van der Waals surface area contributed by atoms with Gasteiger partial charge in [0.15, 0.2) is 0 Å². The molecule has 2 N–H and O–H groups in total. The summed E-state index contributed by atoms with van der Waals surface area (Å²) in [7, 11) is 3.56. The highest BCUT2D eigenvalue weighted by molar-refractivity contribution is 5.54. The second kappa shape index (κ2) is 6.39. The van der Waals surface area contributed by atoms with Crippen LogP contribution >= 0.6 is 0 Å². The summed E-state index contributed by atoms with van der Waals surface area (Å²) in [5.74, 6) is 0.557. The molecule has 20 heavy (non-hydrogen) atoms. The lowest BCUT2D eigenvalue weighted by Gasteiger charge is -2.23. The lowest BCUT2D eigenvalue weighted by molar-refractivity contribution is 0.409. The highest BCUT2D eigenvalue weighted by atomic mass is 19.1. The molecule has 0 heterocycles. The zero-order valence-electron chi connectivity index (χ0n) is 11.8. The predicted molar refractivity (Wildman–Crippen MR) is 79.4 cm³/mol. The molecule has 2 aromatic rings. The molecule has 0 spiro atoms. The third-order valence-electron chi connectivity index (χ3n) is 3.31. The van der Waals surface area contributed by atoms with Crippen LogP contribution < -0.4 is 15.4 Å². The molecule has 3 nitrogen and oxygen atoms in total. The molecule has 0 aliphatic rings. The van der Waals surface area contributed by atoms with Gasteiger partial charge in [-0.25, -0.2) is 4.39 Å². The summed E-state index contributed by atoms with van der Waals surface area (Å²) in [6.45, 7) is 0.804. The topological polar surface area (TPSA) is 38.5 Å². The molecule has 2 rings (SSSR count). The van der Waals surface area contributed by atoms with Crippen LogP contribution in [0.15, 0.2) is 42.5 Å². The number of hydrogen-bond acceptors (Lipinski definition) is 3. The van der Waals surface area contributed by atoms with Crippen molar-refractivity contribution in [2.24, 2.45) is 5.73 Å². The molecule has 0 amide bonds. The van der Waals surface area contributed by atoms with Crippen LogP contribution in [0, 0.1) is 5.82 Å². The van der Waals surface area contributed by atoms with Gasteiger partial charge >= 0.3 is 0 Å². The van der Waals surface area contributed by atoms with E-state index in [1.54, 1.807) is 13.2 Å². The minimum atomic E-state index is -0.267. The van der Waals surface area contributed by atoms with Gasteiger partial charge in [0.25, 0.3) is 0 Å². The molecule has 0 bridgehead atoms. The first kappa shape index (κ1) is 14.3. The molecular formula is C16H19FN2O. The quantitative estimate of drug-likeness (QED) is 0.911. The predicted octanol–water partition coefficient (Wildman–Crippen LogP) is 2.93. The van der Waals surface area contributed by atoms with Crippen molar-refractivity contribution in [2.75, 3.05) is 19.1 Å². The average Bonchev–Trinajstić information content (AvgIpc) is 2.47. The maximum Gasteiger partial charge on any atom is 0.129 e. The first-order valence-corrected chi connectivity index (χ1v) is 6.48. The highest BCUT2D eigenvalue weighted by Crippen LogP contribution is 2.26. The fraction of sp³-hybridized carbons (Fsp3) is 0.250. The summed E-state index contributed by atoms with van der Waals surface area (Å²) in [6, 6.07) is 12.8. The Labute approximate surface area is 118 Å². The minimum absolute atomic E-state index is 0.179. The van der Waals surface area contributed by atoms with Gasteiger partial charge in [-0.05, 0) is 18.2 Å². The van der Waals surface area contributed by atoms with Crippen LogP contribution in [0.4, 0.5) is 10.1 Å². The van der Waals surface area contributed by atoms with Gasteiger partial charge in [-0.2, -0.15) is 0 Å². The van der Waals surface area contributed by atoms with Gasteiger partial charge < -0.3 is 15.4 Å². The molecule has 0 radical (unpaired) electrons. The number of rotatable bonds is 5. The molecule has 0 fully saturated rings. The standard InChI is InChI=1S/C16H19FN2O/c1-19(11-12-6-3-4-9-16(12)20-2)15-8-5-7-14(17)13(15)10-18/h3-9H,10-11,18H2,1-2H3. The largest absolute Gasteiger partial charge is 0.496 e. The number of methoxy groups -OCH3 is 1. The van der Waals surface area contributed by atoms with Crippen LogP contribution in [0.3, 0.4) is 0 Å². The summed E-state index contributed by atoms with van der Waals surface area (Å²) >= 11 is 0. The lowest BCUT2D eigenvalue weighted by atomic mass is 10.1. The normalized spacial score (nSPS) is 10.4. The second-order valence-electron chi connectivity index (χ2n) is 4.61. The Hall–Kier alpha value is -2.07. The van der Waals surface area contributed by atoms with E-state index in [0.717, 1.165) is 17.0 Å². The third-order valence-corrected chi connectivity index (χ3v) is 3.31. The number of benzene rings is 2. The van der Waals surface area contributed by atoms with Crippen LogP contribution in [0.1, 0.15) is 11.1 Å². The van der Waals surface area contributed by atoms with Gasteiger partial charge in [-0.3, -0.25) is 0 Å². The van der Waals surface area contributed by atoms with Crippen molar-refractivity contribution >= 4 is 5.69 Å². The van der Waals surface area contributed by atoms with Crippen LogP contribution in [0.2, 0.25) is 0 Å². The van der Waals surface area contributed by atoms with Crippen molar-refractivity contribution in [3.05, 3.63) is 59.4 Å². The molecular weight excluding hydrogens is 255 g/mol.